The maximum Gasteiger partial charge on any atom is 0.226 e. The van der Waals surface area contributed by atoms with Crippen molar-refractivity contribution < 1.29 is 14.3 Å². The molecule has 0 aliphatic carbocycles. The minimum absolute atomic E-state index is 0.0302. The molecule has 140 valence electrons. The lowest BCUT2D eigenvalue weighted by molar-refractivity contribution is -0.126. The summed E-state index contributed by atoms with van der Waals surface area (Å²) in [7, 11) is 1.63. The summed E-state index contributed by atoms with van der Waals surface area (Å²) in [6.45, 7) is 0.993. The van der Waals surface area contributed by atoms with Gasteiger partial charge in [-0.1, -0.05) is 12.1 Å². The smallest absolute Gasteiger partial charge is 0.226 e. The molecule has 1 amide bonds. The second-order valence-electron chi connectivity index (χ2n) is 6.63. The first-order chi connectivity index (χ1) is 13.2. The number of fused-ring (bicyclic) bond motifs is 2. The van der Waals surface area contributed by atoms with E-state index in [1.807, 2.05) is 47.0 Å². The number of pyridine rings is 1. The van der Waals surface area contributed by atoms with E-state index < -0.39 is 0 Å². The molecular formula is C20H22N4O3. The highest BCUT2D eigenvalue weighted by Gasteiger charge is 2.26. The summed E-state index contributed by atoms with van der Waals surface area (Å²) < 4.78 is 12.9. The summed E-state index contributed by atoms with van der Waals surface area (Å²) in [5.41, 5.74) is 1.88. The molecule has 3 aromatic rings. The SMILES string of the molecule is COc1ccc2c(c1)OCC(C(=O)NCCCc1nnc3ccccn13)C2. The van der Waals surface area contributed by atoms with Crippen LogP contribution in [0.25, 0.3) is 5.65 Å². The number of hydrogen-bond donors (Lipinski definition) is 1. The van der Waals surface area contributed by atoms with Gasteiger partial charge in [0, 0.05) is 25.2 Å². The lowest BCUT2D eigenvalue weighted by atomic mass is 9.96. The van der Waals surface area contributed by atoms with Gasteiger partial charge in [0.1, 0.15) is 23.9 Å². The number of benzene rings is 1. The Morgan fingerprint density at radius 1 is 1.33 bits per heavy atom. The number of carbonyl (C=O) groups excluding carboxylic acids is 1. The van der Waals surface area contributed by atoms with Crippen LogP contribution in [0.15, 0.2) is 42.6 Å². The van der Waals surface area contributed by atoms with E-state index >= 15 is 0 Å². The number of aryl methyl sites for hydroxylation is 1. The first-order valence-corrected chi connectivity index (χ1v) is 9.10. The van der Waals surface area contributed by atoms with Gasteiger partial charge in [0.25, 0.3) is 0 Å². The zero-order chi connectivity index (χ0) is 18.6. The molecule has 1 aliphatic heterocycles. The molecular weight excluding hydrogens is 344 g/mol. The summed E-state index contributed by atoms with van der Waals surface area (Å²) >= 11 is 0. The average Bonchev–Trinajstić information content (AvgIpc) is 3.13. The number of carbonyl (C=O) groups is 1. The van der Waals surface area contributed by atoms with Crippen molar-refractivity contribution >= 4 is 11.6 Å². The Labute approximate surface area is 157 Å². The van der Waals surface area contributed by atoms with Crippen molar-refractivity contribution in [1.82, 2.24) is 19.9 Å². The molecule has 0 fully saturated rings. The summed E-state index contributed by atoms with van der Waals surface area (Å²) in [4.78, 5) is 12.5. The Morgan fingerprint density at radius 2 is 2.26 bits per heavy atom. The second kappa shape index (κ2) is 7.65. The number of aromatic nitrogens is 3. The summed E-state index contributed by atoms with van der Waals surface area (Å²) in [6, 6.07) is 11.5. The van der Waals surface area contributed by atoms with Crippen LogP contribution >= 0.6 is 0 Å². The van der Waals surface area contributed by atoms with Gasteiger partial charge in [-0.25, -0.2) is 0 Å². The standard InChI is InChI=1S/C20H22N4O3/c1-26-16-8-7-14-11-15(13-27-17(14)12-16)20(25)21-9-4-6-19-23-22-18-5-2-3-10-24(18)19/h2-3,5,7-8,10,12,15H,4,6,9,11,13H2,1H3,(H,21,25). The third-order valence-corrected chi connectivity index (χ3v) is 4.81. The molecule has 1 aromatic carbocycles. The molecule has 0 radical (unpaired) electrons. The summed E-state index contributed by atoms with van der Waals surface area (Å²) in [5, 5.41) is 11.4. The van der Waals surface area contributed by atoms with E-state index in [4.69, 9.17) is 9.47 Å². The molecule has 7 heteroatoms. The van der Waals surface area contributed by atoms with Gasteiger partial charge in [-0.05, 0) is 36.6 Å². The largest absolute Gasteiger partial charge is 0.497 e. The number of nitrogens with zero attached hydrogens (tertiary/aromatic N) is 3. The molecule has 1 unspecified atom stereocenters. The average molecular weight is 366 g/mol. The molecule has 7 nitrogen and oxygen atoms in total. The predicted octanol–water partition coefficient (Wildman–Crippen LogP) is 2.04. The van der Waals surface area contributed by atoms with Crippen molar-refractivity contribution in [3.8, 4) is 11.5 Å². The Bertz CT molecular complexity index is 953. The van der Waals surface area contributed by atoms with Gasteiger partial charge in [-0.2, -0.15) is 0 Å². The van der Waals surface area contributed by atoms with Crippen LogP contribution in [0.3, 0.4) is 0 Å². The molecule has 4 rings (SSSR count). The van der Waals surface area contributed by atoms with E-state index in [-0.39, 0.29) is 11.8 Å². The van der Waals surface area contributed by atoms with Crippen LogP contribution in [0.4, 0.5) is 0 Å². The third-order valence-electron chi connectivity index (χ3n) is 4.81. The van der Waals surface area contributed by atoms with E-state index in [2.05, 4.69) is 15.5 Å². The van der Waals surface area contributed by atoms with Gasteiger partial charge in [0.15, 0.2) is 5.65 Å². The Kier molecular flexibility index (Phi) is 4.91. The van der Waals surface area contributed by atoms with Crippen molar-refractivity contribution in [2.24, 2.45) is 5.92 Å². The van der Waals surface area contributed by atoms with Crippen LogP contribution in [0.1, 0.15) is 17.8 Å². The number of amides is 1. The van der Waals surface area contributed by atoms with Gasteiger partial charge < -0.3 is 14.8 Å². The number of methoxy groups -OCH3 is 1. The van der Waals surface area contributed by atoms with E-state index in [0.29, 0.717) is 19.6 Å². The fraction of sp³-hybridized carbons (Fsp3) is 0.350. The van der Waals surface area contributed by atoms with E-state index in [0.717, 1.165) is 41.4 Å². The van der Waals surface area contributed by atoms with Crippen LogP contribution < -0.4 is 14.8 Å². The van der Waals surface area contributed by atoms with Crippen molar-refractivity contribution in [1.29, 1.82) is 0 Å². The minimum atomic E-state index is -0.167. The monoisotopic (exact) mass is 366 g/mol. The Morgan fingerprint density at radius 3 is 3.15 bits per heavy atom. The molecule has 0 saturated heterocycles. The molecule has 3 heterocycles. The Balaban J connectivity index is 1.27. The van der Waals surface area contributed by atoms with E-state index in [9.17, 15) is 4.79 Å². The van der Waals surface area contributed by atoms with Crippen molar-refractivity contribution in [2.45, 2.75) is 19.3 Å². The van der Waals surface area contributed by atoms with Crippen molar-refractivity contribution in [3.05, 3.63) is 54.0 Å². The highest BCUT2D eigenvalue weighted by atomic mass is 16.5. The summed E-state index contributed by atoms with van der Waals surface area (Å²) in [6.07, 6.45) is 4.20. The maximum atomic E-state index is 12.5. The van der Waals surface area contributed by atoms with Gasteiger partial charge in [0.2, 0.25) is 5.91 Å². The molecule has 27 heavy (non-hydrogen) atoms. The second-order valence-corrected chi connectivity index (χ2v) is 6.63. The highest BCUT2D eigenvalue weighted by Crippen LogP contribution is 2.31. The van der Waals surface area contributed by atoms with E-state index in [1.54, 1.807) is 7.11 Å². The maximum absolute atomic E-state index is 12.5. The Hall–Kier alpha value is -3.09. The molecule has 1 N–H and O–H groups in total. The van der Waals surface area contributed by atoms with Crippen molar-refractivity contribution in [3.63, 3.8) is 0 Å². The molecule has 1 atom stereocenters. The number of rotatable bonds is 6. The molecule has 2 aromatic heterocycles. The molecule has 0 bridgehead atoms. The lowest BCUT2D eigenvalue weighted by Gasteiger charge is -2.25. The third kappa shape index (κ3) is 3.72. The predicted molar refractivity (Wildman–Crippen MR) is 100 cm³/mol. The van der Waals surface area contributed by atoms with Crippen LogP contribution in [0.2, 0.25) is 0 Å². The number of nitrogens with one attached hydrogen (secondary N) is 1. The zero-order valence-electron chi connectivity index (χ0n) is 15.2. The fourth-order valence-electron chi connectivity index (χ4n) is 3.31. The van der Waals surface area contributed by atoms with Crippen LogP contribution in [0.5, 0.6) is 11.5 Å². The van der Waals surface area contributed by atoms with E-state index in [1.165, 1.54) is 0 Å². The summed E-state index contributed by atoms with van der Waals surface area (Å²) in [5.74, 6) is 2.33. The molecule has 0 spiro atoms. The first-order valence-electron chi connectivity index (χ1n) is 9.10. The molecule has 1 aliphatic rings. The topological polar surface area (TPSA) is 77.8 Å². The number of ether oxygens (including phenoxy) is 2. The normalized spacial score (nSPS) is 15.8. The minimum Gasteiger partial charge on any atom is -0.497 e. The molecule has 0 saturated carbocycles. The highest BCUT2D eigenvalue weighted by molar-refractivity contribution is 5.79. The van der Waals surface area contributed by atoms with Crippen molar-refractivity contribution in [2.75, 3.05) is 20.3 Å². The fourth-order valence-corrected chi connectivity index (χ4v) is 3.31. The first kappa shape index (κ1) is 17.3. The zero-order valence-corrected chi connectivity index (χ0v) is 15.2. The lowest BCUT2D eigenvalue weighted by Crippen LogP contribution is -2.37. The van der Waals surface area contributed by atoms with Crippen LogP contribution in [-0.2, 0) is 17.6 Å². The van der Waals surface area contributed by atoms with Gasteiger partial charge in [-0.3, -0.25) is 9.20 Å². The van der Waals surface area contributed by atoms with Gasteiger partial charge in [0.05, 0.1) is 13.0 Å². The van der Waals surface area contributed by atoms with Gasteiger partial charge >= 0.3 is 0 Å². The van der Waals surface area contributed by atoms with Gasteiger partial charge in [-0.15, -0.1) is 10.2 Å². The van der Waals surface area contributed by atoms with Crippen LogP contribution in [-0.4, -0.2) is 40.8 Å². The van der Waals surface area contributed by atoms with Crippen LogP contribution in [0, 0.1) is 5.92 Å². The quantitative estimate of drug-likeness (QED) is 0.676. The number of hydrogen-bond acceptors (Lipinski definition) is 5.